The number of allylic oxidation sites excluding steroid dienone is 1. The van der Waals surface area contributed by atoms with Gasteiger partial charge in [-0.1, -0.05) is 11.6 Å². The third-order valence-corrected chi connectivity index (χ3v) is 4.08. The number of benzene rings is 1. The number of pyridine rings is 1. The molecule has 138 valence electrons. The van der Waals surface area contributed by atoms with Gasteiger partial charge in [-0.2, -0.15) is 13.2 Å². The Kier molecular flexibility index (Phi) is 6.30. The van der Waals surface area contributed by atoms with E-state index in [0.717, 1.165) is 23.9 Å². The number of hydrogen-bond acceptors (Lipinski definition) is 4. The largest absolute Gasteiger partial charge is 0.419 e. The smallest absolute Gasteiger partial charge is 0.350 e. The maximum atomic E-state index is 13.4. The minimum absolute atomic E-state index is 0.0102. The second kappa shape index (κ2) is 8.09. The Bertz CT molecular complexity index is 848. The summed E-state index contributed by atoms with van der Waals surface area (Å²) in [5.41, 5.74) is -0.519. The molecule has 0 aliphatic rings. The zero-order chi connectivity index (χ0) is 19.5. The molecule has 0 bridgehead atoms. The Morgan fingerprint density at radius 2 is 1.96 bits per heavy atom. The van der Waals surface area contributed by atoms with E-state index >= 15 is 0 Å². The van der Waals surface area contributed by atoms with E-state index in [-0.39, 0.29) is 10.8 Å². The van der Waals surface area contributed by atoms with Gasteiger partial charge in [-0.05, 0) is 43.5 Å². The maximum Gasteiger partial charge on any atom is 0.419 e. The highest BCUT2D eigenvalue weighted by Gasteiger charge is 2.34. The van der Waals surface area contributed by atoms with E-state index in [1.54, 1.807) is 19.2 Å². The summed E-state index contributed by atoms with van der Waals surface area (Å²) in [5, 5.41) is 3.14. The molecule has 2 aromatic rings. The number of aromatic nitrogens is 1. The molecule has 0 saturated carbocycles. The number of ketones is 1. The Morgan fingerprint density at radius 3 is 2.54 bits per heavy atom. The fourth-order valence-electron chi connectivity index (χ4n) is 2.08. The first-order valence-corrected chi connectivity index (χ1v) is 8.78. The first-order valence-electron chi connectivity index (χ1n) is 7.18. The monoisotopic (exact) mass is 404 g/mol. The van der Waals surface area contributed by atoms with Crippen molar-refractivity contribution < 1.29 is 22.4 Å². The van der Waals surface area contributed by atoms with E-state index in [9.17, 15) is 22.4 Å². The second-order valence-electron chi connectivity index (χ2n) is 5.21. The van der Waals surface area contributed by atoms with Gasteiger partial charge < -0.3 is 5.32 Å². The minimum atomic E-state index is -4.81. The van der Waals surface area contributed by atoms with Gasteiger partial charge >= 0.3 is 6.18 Å². The molecule has 0 atom stereocenters. The fraction of sp³-hybridized carbons (Fsp3) is 0.176. The van der Waals surface area contributed by atoms with Crippen molar-refractivity contribution in [1.29, 1.82) is 0 Å². The van der Waals surface area contributed by atoms with Crippen molar-refractivity contribution in [1.82, 2.24) is 4.98 Å². The number of hydrogen-bond donors (Lipinski definition) is 1. The van der Waals surface area contributed by atoms with Crippen LogP contribution in [0.3, 0.4) is 0 Å². The highest BCUT2D eigenvalue weighted by atomic mass is 35.5. The summed E-state index contributed by atoms with van der Waals surface area (Å²) in [6, 6.07) is 5.47. The fourth-order valence-corrected chi connectivity index (χ4v) is 2.78. The summed E-state index contributed by atoms with van der Waals surface area (Å²) in [5.74, 6) is -1.76. The molecule has 0 aliphatic heterocycles. The molecule has 0 amide bonds. The Morgan fingerprint density at radius 1 is 1.27 bits per heavy atom. The number of halogens is 5. The van der Waals surface area contributed by atoms with Crippen LogP contribution in [0.2, 0.25) is 5.15 Å². The Labute approximate surface area is 156 Å². The summed E-state index contributed by atoms with van der Waals surface area (Å²) in [7, 11) is 0. The van der Waals surface area contributed by atoms with Crippen molar-refractivity contribution in [2.24, 2.45) is 0 Å². The molecule has 1 N–H and O–H groups in total. The third kappa shape index (κ3) is 5.22. The molecule has 1 aromatic heterocycles. The van der Waals surface area contributed by atoms with Crippen molar-refractivity contribution >= 4 is 34.8 Å². The summed E-state index contributed by atoms with van der Waals surface area (Å²) < 4.78 is 51.7. The molecule has 1 aromatic carbocycles. The highest BCUT2D eigenvalue weighted by molar-refractivity contribution is 8.02. The summed E-state index contributed by atoms with van der Waals surface area (Å²) in [4.78, 5) is 16.3. The SMILES string of the molecule is CS/C(=C/C(=O)c1cc(C)nc(Cl)c1)Nc1ccc(F)c(C(F)(F)F)c1. The van der Waals surface area contributed by atoms with E-state index in [2.05, 4.69) is 10.3 Å². The maximum absolute atomic E-state index is 13.4. The number of carbonyl (C=O) groups excluding carboxylic acids is 1. The van der Waals surface area contributed by atoms with Gasteiger partial charge in [-0.25, -0.2) is 9.37 Å². The lowest BCUT2D eigenvalue weighted by atomic mass is 10.1. The molecule has 1 heterocycles. The van der Waals surface area contributed by atoms with Gasteiger partial charge in [0.25, 0.3) is 0 Å². The number of nitrogens with zero attached hydrogens (tertiary/aromatic N) is 1. The van der Waals surface area contributed by atoms with Crippen LogP contribution in [-0.4, -0.2) is 17.0 Å². The zero-order valence-corrected chi connectivity index (χ0v) is 15.2. The molecule has 3 nitrogen and oxygen atoms in total. The molecule has 0 saturated heterocycles. The molecular formula is C17H13ClF4N2OS. The Hall–Kier alpha value is -2.06. The minimum Gasteiger partial charge on any atom is -0.350 e. The number of nitrogens with one attached hydrogen (secondary N) is 1. The lowest BCUT2D eigenvalue weighted by Crippen LogP contribution is -2.09. The molecular weight excluding hydrogens is 392 g/mol. The van der Waals surface area contributed by atoms with Crippen LogP contribution < -0.4 is 5.32 Å². The van der Waals surface area contributed by atoms with Crippen LogP contribution in [0.15, 0.2) is 41.4 Å². The zero-order valence-electron chi connectivity index (χ0n) is 13.6. The molecule has 26 heavy (non-hydrogen) atoms. The quantitative estimate of drug-likeness (QED) is 0.300. The van der Waals surface area contributed by atoms with Crippen molar-refractivity contribution in [3.8, 4) is 0 Å². The number of aryl methyl sites for hydroxylation is 1. The molecule has 0 radical (unpaired) electrons. The van der Waals surface area contributed by atoms with E-state index in [0.29, 0.717) is 22.4 Å². The van der Waals surface area contributed by atoms with Crippen molar-refractivity contribution in [3.05, 3.63) is 69.2 Å². The highest BCUT2D eigenvalue weighted by Crippen LogP contribution is 2.33. The van der Waals surface area contributed by atoms with Crippen LogP contribution in [-0.2, 0) is 6.18 Å². The topological polar surface area (TPSA) is 42.0 Å². The predicted octanol–water partition coefficient (Wildman–Crippen LogP) is 5.70. The van der Waals surface area contributed by atoms with Crippen molar-refractivity contribution in [2.75, 3.05) is 11.6 Å². The first-order chi connectivity index (χ1) is 12.1. The molecule has 2 rings (SSSR count). The summed E-state index contributed by atoms with van der Waals surface area (Å²) >= 11 is 6.94. The molecule has 0 aliphatic carbocycles. The average molecular weight is 405 g/mol. The van der Waals surface area contributed by atoms with Crippen LogP contribution in [0, 0.1) is 12.7 Å². The summed E-state index contributed by atoms with van der Waals surface area (Å²) in [6.07, 6.45) is -1.94. The predicted molar refractivity (Wildman–Crippen MR) is 94.9 cm³/mol. The Balaban J connectivity index is 2.29. The van der Waals surface area contributed by atoms with E-state index in [1.165, 1.54) is 12.1 Å². The number of anilines is 1. The van der Waals surface area contributed by atoms with E-state index in [4.69, 9.17) is 11.6 Å². The molecule has 0 unspecified atom stereocenters. The molecule has 0 fully saturated rings. The molecule has 0 spiro atoms. The van der Waals surface area contributed by atoms with Crippen LogP contribution in [0.25, 0.3) is 0 Å². The summed E-state index contributed by atoms with van der Waals surface area (Å²) in [6.45, 7) is 1.68. The van der Waals surface area contributed by atoms with Gasteiger partial charge in [-0.15, -0.1) is 11.8 Å². The van der Waals surface area contributed by atoms with Crippen LogP contribution in [0.4, 0.5) is 23.2 Å². The first kappa shape index (κ1) is 20.3. The standard InChI is InChI=1S/C17H13ClF4N2OS/c1-9-5-10(6-15(18)23-9)14(25)8-16(26-2)24-11-3-4-13(19)12(7-11)17(20,21)22/h3-8,24H,1-2H3/b16-8+. The number of alkyl halides is 3. The van der Waals surface area contributed by atoms with E-state index in [1.807, 2.05) is 0 Å². The lowest BCUT2D eigenvalue weighted by Gasteiger charge is -2.13. The van der Waals surface area contributed by atoms with Gasteiger partial charge in [-0.3, -0.25) is 4.79 Å². The normalized spacial score (nSPS) is 12.2. The number of rotatable bonds is 5. The van der Waals surface area contributed by atoms with Gasteiger partial charge in [0.15, 0.2) is 5.78 Å². The molecule has 9 heteroatoms. The van der Waals surface area contributed by atoms with Gasteiger partial charge in [0.05, 0.1) is 10.6 Å². The lowest BCUT2D eigenvalue weighted by molar-refractivity contribution is -0.139. The third-order valence-electron chi connectivity index (χ3n) is 3.23. The van der Waals surface area contributed by atoms with Crippen LogP contribution in [0.1, 0.15) is 21.6 Å². The average Bonchev–Trinajstić information content (AvgIpc) is 2.53. The van der Waals surface area contributed by atoms with E-state index < -0.39 is 23.3 Å². The van der Waals surface area contributed by atoms with Crippen molar-refractivity contribution in [3.63, 3.8) is 0 Å². The van der Waals surface area contributed by atoms with Crippen molar-refractivity contribution in [2.45, 2.75) is 13.1 Å². The van der Waals surface area contributed by atoms with Gasteiger partial charge in [0.2, 0.25) is 0 Å². The van der Waals surface area contributed by atoms with Gasteiger partial charge in [0.1, 0.15) is 11.0 Å². The van der Waals surface area contributed by atoms with Crippen LogP contribution >= 0.6 is 23.4 Å². The second-order valence-corrected chi connectivity index (χ2v) is 6.45. The number of thioether (sulfide) groups is 1. The van der Waals surface area contributed by atoms with Gasteiger partial charge in [0, 0.05) is 23.0 Å². The van der Waals surface area contributed by atoms with Crippen LogP contribution in [0.5, 0.6) is 0 Å². The number of carbonyl (C=O) groups is 1.